The highest BCUT2D eigenvalue weighted by atomic mass is 35.5. The summed E-state index contributed by atoms with van der Waals surface area (Å²) in [5.41, 5.74) is 5.22. The molecule has 11 heavy (non-hydrogen) atoms. The summed E-state index contributed by atoms with van der Waals surface area (Å²) in [5, 5.41) is 8.79. The molecule has 0 radical (unpaired) electrons. The smallest absolute Gasteiger partial charge is 0.325 e. The molecule has 0 saturated carbocycles. The fourth-order valence-electron chi connectivity index (χ4n) is 0.435. The Kier molecular flexibility index (Phi) is 7.72. The predicted octanol–water partition coefficient (Wildman–Crippen LogP) is -0.321. The molecule has 0 heterocycles. The molecule has 0 aliphatic carbocycles. The Morgan fingerprint density at radius 3 is 2.45 bits per heavy atom. The topological polar surface area (TPSA) is 72.5 Å². The molecule has 0 amide bonds. The molecule has 0 saturated heterocycles. The van der Waals surface area contributed by atoms with E-state index in [1.807, 2.05) is 0 Å². The van der Waals surface area contributed by atoms with Crippen LogP contribution in [0.2, 0.25) is 0 Å². The maximum absolute atomic E-state index is 10.7. The molecular weight excluding hydrogens is 170 g/mol. The van der Waals surface area contributed by atoms with Gasteiger partial charge < -0.3 is 15.6 Å². The zero-order chi connectivity index (χ0) is 8.15. The van der Waals surface area contributed by atoms with Crippen molar-refractivity contribution >= 4 is 18.4 Å². The first-order valence-corrected chi connectivity index (χ1v) is 3.19. The molecule has 0 aliphatic heterocycles. The second-order valence-corrected chi connectivity index (χ2v) is 2.02. The van der Waals surface area contributed by atoms with E-state index in [-0.39, 0.29) is 12.4 Å². The summed E-state index contributed by atoms with van der Waals surface area (Å²) in [4.78, 5) is 10.7. The number of aliphatic hydroxyl groups is 1. The summed E-state index contributed by atoms with van der Waals surface area (Å²) in [6.07, 6.45) is -0.848. The number of nitrogens with two attached hydrogens (primary N) is 1. The van der Waals surface area contributed by atoms with Crippen LogP contribution < -0.4 is 5.73 Å². The third-order valence-corrected chi connectivity index (χ3v) is 1.08. The zero-order valence-electron chi connectivity index (χ0n) is 6.61. The fraction of sp³-hybridized carbons (Fsp3) is 0.833. The molecule has 0 aromatic heterocycles. The van der Waals surface area contributed by atoms with Gasteiger partial charge in [-0.2, -0.15) is 0 Å². The van der Waals surface area contributed by atoms with Crippen LogP contribution in [0.15, 0.2) is 0 Å². The minimum absolute atomic E-state index is 0. The number of ether oxygens (including phenoxy) is 1. The molecule has 0 aromatic rings. The van der Waals surface area contributed by atoms with E-state index in [0.717, 1.165) is 0 Å². The monoisotopic (exact) mass is 183 g/mol. The molecule has 0 bridgehead atoms. The molecule has 0 aliphatic rings. The highest BCUT2D eigenvalue weighted by molar-refractivity contribution is 5.85. The van der Waals surface area contributed by atoms with Gasteiger partial charge in [-0.3, -0.25) is 4.79 Å². The Morgan fingerprint density at radius 1 is 1.73 bits per heavy atom. The Bertz CT molecular complexity index is 118. The second-order valence-electron chi connectivity index (χ2n) is 2.02. The fourth-order valence-corrected chi connectivity index (χ4v) is 0.435. The van der Waals surface area contributed by atoms with Crippen molar-refractivity contribution in [3.05, 3.63) is 0 Å². The van der Waals surface area contributed by atoms with Gasteiger partial charge in [0.25, 0.3) is 0 Å². The van der Waals surface area contributed by atoms with Crippen molar-refractivity contribution in [3.8, 4) is 0 Å². The molecule has 0 spiro atoms. The van der Waals surface area contributed by atoms with Gasteiger partial charge in [-0.05, 0) is 13.8 Å². The highest BCUT2D eigenvalue weighted by Crippen LogP contribution is 1.91. The van der Waals surface area contributed by atoms with Gasteiger partial charge >= 0.3 is 5.97 Å². The zero-order valence-corrected chi connectivity index (χ0v) is 7.43. The minimum atomic E-state index is -0.917. The van der Waals surface area contributed by atoms with E-state index in [0.29, 0.717) is 6.61 Å². The average Bonchev–Trinajstić information content (AvgIpc) is 1.87. The largest absolute Gasteiger partial charge is 0.465 e. The molecule has 2 atom stereocenters. The lowest BCUT2D eigenvalue weighted by Gasteiger charge is -2.11. The number of halogens is 1. The van der Waals surface area contributed by atoms with Crippen LogP contribution in [0.5, 0.6) is 0 Å². The summed E-state index contributed by atoms with van der Waals surface area (Å²) in [6.45, 7) is 3.42. The molecule has 0 unspecified atom stereocenters. The van der Waals surface area contributed by atoms with Crippen LogP contribution in [-0.2, 0) is 9.53 Å². The summed E-state index contributed by atoms with van der Waals surface area (Å²) in [6, 6.07) is -0.917. The minimum Gasteiger partial charge on any atom is -0.465 e. The van der Waals surface area contributed by atoms with Crippen molar-refractivity contribution in [2.45, 2.75) is 26.0 Å². The van der Waals surface area contributed by atoms with E-state index >= 15 is 0 Å². The standard InChI is InChI=1S/C6H13NO3.ClH/c1-3-10-6(9)5(7)4(2)8;/h4-5,8H,3,7H2,1-2H3;1H/t4-,5+;/m0./s1. The van der Waals surface area contributed by atoms with Gasteiger partial charge in [0.05, 0.1) is 12.7 Å². The van der Waals surface area contributed by atoms with Gasteiger partial charge in [0.2, 0.25) is 0 Å². The van der Waals surface area contributed by atoms with Crippen LogP contribution in [0.4, 0.5) is 0 Å². The van der Waals surface area contributed by atoms with Crippen molar-refractivity contribution in [1.29, 1.82) is 0 Å². The average molecular weight is 184 g/mol. The molecule has 3 N–H and O–H groups in total. The van der Waals surface area contributed by atoms with Gasteiger partial charge in [0.1, 0.15) is 6.04 Å². The number of carbonyl (C=O) groups excluding carboxylic acids is 1. The lowest BCUT2D eigenvalue weighted by Crippen LogP contribution is -2.41. The van der Waals surface area contributed by atoms with E-state index in [1.165, 1.54) is 6.92 Å². The van der Waals surface area contributed by atoms with Gasteiger partial charge in [-0.1, -0.05) is 0 Å². The summed E-state index contributed by atoms with van der Waals surface area (Å²) < 4.78 is 4.54. The van der Waals surface area contributed by atoms with E-state index in [9.17, 15) is 4.79 Å². The molecule has 0 rings (SSSR count). The van der Waals surface area contributed by atoms with E-state index in [2.05, 4.69) is 4.74 Å². The molecule has 5 heteroatoms. The van der Waals surface area contributed by atoms with Crippen molar-refractivity contribution in [3.63, 3.8) is 0 Å². The maximum Gasteiger partial charge on any atom is 0.325 e. The van der Waals surface area contributed by atoms with Crippen molar-refractivity contribution in [2.24, 2.45) is 5.73 Å². The summed E-state index contributed by atoms with van der Waals surface area (Å²) in [7, 11) is 0. The van der Waals surface area contributed by atoms with Gasteiger partial charge in [0, 0.05) is 0 Å². The van der Waals surface area contributed by atoms with Crippen LogP contribution in [0, 0.1) is 0 Å². The van der Waals surface area contributed by atoms with Crippen LogP contribution in [-0.4, -0.2) is 29.8 Å². The quantitative estimate of drug-likeness (QED) is 0.589. The molecule has 68 valence electrons. The number of hydrogen-bond donors (Lipinski definition) is 2. The number of hydrogen-bond acceptors (Lipinski definition) is 4. The third-order valence-electron chi connectivity index (χ3n) is 1.08. The van der Waals surface area contributed by atoms with Crippen molar-refractivity contribution in [1.82, 2.24) is 0 Å². The first-order valence-electron chi connectivity index (χ1n) is 3.19. The van der Waals surface area contributed by atoms with Crippen molar-refractivity contribution < 1.29 is 14.6 Å². The maximum atomic E-state index is 10.7. The number of aliphatic hydroxyl groups excluding tert-OH is 1. The van der Waals surface area contributed by atoms with Crippen LogP contribution >= 0.6 is 12.4 Å². The summed E-state index contributed by atoms with van der Waals surface area (Å²) in [5.74, 6) is -0.558. The van der Waals surface area contributed by atoms with Crippen LogP contribution in [0.3, 0.4) is 0 Å². The molecular formula is C6H14ClNO3. The normalized spacial score (nSPS) is 14.5. The predicted molar refractivity (Wildman–Crippen MR) is 43.5 cm³/mol. The Hall–Kier alpha value is -0.320. The number of rotatable bonds is 3. The first-order chi connectivity index (χ1) is 4.59. The molecule has 0 fully saturated rings. The highest BCUT2D eigenvalue weighted by Gasteiger charge is 2.19. The summed E-state index contributed by atoms with van der Waals surface area (Å²) >= 11 is 0. The van der Waals surface area contributed by atoms with E-state index < -0.39 is 18.1 Å². The SMILES string of the molecule is CCOC(=O)[C@H](N)[C@H](C)O.Cl. The van der Waals surface area contributed by atoms with E-state index in [4.69, 9.17) is 10.8 Å². The Morgan fingerprint density at radius 2 is 2.18 bits per heavy atom. The first kappa shape index (κ1) is 13.3. The third kappa shape index (κ3) is 5.01. The van der Waals surface area contributed by atoms with E-state index in [1.54, 1.807) is 6.92 Å². The van der Waals surface area contributed by atoms with Crippen molar-refractivity contribution in [2.75, 3.05) is 6.61 Å². The van der Waals surface area contributed by atoms with Crippen LogP contribution in [0.25, 0.3) is 0 Å². The lowest BCUT2D eigenvalue weighted by molar-refractivity contribution is -0.147. The lowest BCUT2D eigenvalue weighted by atomic mass is 10.2. The van der Waals surface area contributed by atoms with Gasteiger partial charge in [-0.15, -0.1) is 12.4 Å². The molecule has 4 nitrogen and oxygen atoms in total. The van der Waals surface area contributed by atoms with Gasteiger partial charge in [-0.25, -0.2) is 0 Å². The second kappa shape index (κ2) is 6.39. The number of carbonyl (C=O) groups is 1. The Balaban J connectivity index is 0. The van der Waals surface area contributed by atoms with Gasteiger partial charge in [0.15, 0.2) is 0 Å². The number of esters is 1. The molecule has 0 aromatic carbocycles. The Labute approximate surface area is 72.1 Å². The van der Waals surface area contributed by atoms with Crippen LogP contribution in [0.1, 0.15) is 13.8 Å².